The van der Waals surface area contributed by atoms with Crippen molar-refractivity contribution in [3.8, 4) is 5.75 Å². The standard InChI is InChI=1S/C21H23BrN2O/c1-13(2)10-21-24-19(17-11-16(22)8-9-20(17)25-21)12-18(23-24)15-6-4-14(3)5-7-15/h4-9,11,13,19,21H,10,12H2,1-3H3/t19-,21-/m1/s1. The molecule has 0 saturated carbocycles. The maximum Gasteiger partial charge on any atom is 0.188 e. The summed E-state index contributed by atoms with van der Waals surface area (Å²) in [4.78, 5) is 0. The predicted molar refractivity (Wildman–Crippen MR) is 105 cm³/mol. The van der Waals surface area contributed by atoms with Gasteiger partial charge in [-0.1, -0.05) is 59.6 Å². The first-order valence-corrected chi connectivity index (χ1v) is 9.69. The Labute approximate surface area is 157 Å². The van der Waals surface area contributed by atoms with E-state index in [4.69, 9.17) is 9.84 Å². The van der Waals surface area contributed by atoms with Gasteiger partial charge in [-0.05, 0) is 36.6 Å². The lowest BCUT2D eigenvalue weighted by atomic mass is 9.95. The van der Waals surface area contributed by atoms with E-state index in [1.165, 1.54) is 16.7 Å². The van der Waals surface area contributed by atoms with Gasteiger partial charge in [0.2, 0.25) is 0 Å². The number of hydrazone groups is 1. The van der Waals surface area contributed by atoms with E-state index in [1.54, 1.807) is 0 Å². The minimum atomic E-state index is 0.00150. The predicted octanol–water partition coefficient (Wildman–Crippen LogP) is 5.67. The van der Waals surface area contributed by atoms with Crippen molar-refractivity contribution in [3.63, 3.8) is 0 Å². The van der Waals surface area contributed by atoms with Crippen molar-refractivity contribution in [2.45, 2.75) is 45.9 Å². The van der Waals surface area contributed by atoms with Gasteiger partial charge in [0.15, 0.2) is 6.23 Å². The van der Waals surface area contributed by atoms with E-state index < -0.39 is 0 Å². The quantitative estimate of drug-likeness (QED) is 0.664. The van der Waals surface area contributed by atoms with Crippen molar-refractivity contribution in [1.29, 1.82) is 0 Å². The molecule has 0 aliphatic carbocycles. The maximum absolute atomic E-state index is 6.31. The van der Waals surface area contributed by atoms with Gasteiger partial charge in [-0.2, -0.15) is 5.10 Å². The summed E-state index contributed by atoms with van der Waals surface area (Å²) in [6.45, 7) is 6.58. The number of aryl methyl sites for hydroxylation is 1. The summed E-state index contributed by atoms with van der Waals surface area (Å²) in [5, 5.41) is 7.17. The molecule has 0 bridgehead atoms. The zero-order chi connectivity index (χ0) is 17.6. The summed E-state index contributed by atoms with van der Waals surface area (Å²) in [5.74, 6) is 1.55. The molecule has 4 heteroatoms. The Balaban J connectivity index is 1.72. The van der Waals surface area contributed by atoms with Crippen LogP contribution in [0.2, 0.25) is 0 Å². The Morgan fingerprint density at radius 3 is 2.68 bits per heavy atom. The molecular formula is C21H23BrN2O. The third-order valence-electron chi connectivity index (χ3n) is 4.89. The van der Waals surface area contributed by atoms with Gasteiger partial charge in [0.25, 0.3) is 0 Å². The minimum absolute atomic E-state index is 0.00150. The molecule has 130 valence electrons. The molecule has 3 nitrogen and oxygen atoms in total. The molecule has 0 N–H and O–H groups in total. The van der Waals surface area contributed by atoms with E-state index in [1.807, 2.05) is 0 Å². The molecule has 2 aliphatic heterocycles. The molecular weight excluding hydrogens is 376 g/mol. The largest absolute Gasteiger partial charge is 0.469 e. The fourth-order valence-electron chi connectivity index (χ4n) is 3.61. The van der Waals surface area contributed by atoms with Crippen LogP contribution in [0.1, 0.15) is 49.4 Å². The highest BCUT2D eigenvalue weighted by Crippen LogP contribution is 2.45. The van der Waals surface area contributed by atoms with E-state index >= 15 is 0 Å². The summed E-state index contributed by atoms with van der Waals surface area (Å²) in [6.07, 6.45) is 1.89. The maximum atomic E-state index is 6.31. The van der Waals surface area contributed by atoms with Crippen LogP contribution in [-0.2, 0) is 0 Å². The molecule has 2 aliphatic rings. The van der Waals surface area contributed by atoms with Gasteiger partial charge in [0.05, 0.1) is 11.8 Å². The van der Waals surface area contributed by atoms with Gasteiger partial charge >= 0.3 is 0 Å². The van der Waals surface area contributed by atoms with Crippen molar-refractivity contribution in [1.82, 2.24) is 5.01 Å². The van der Waals surface area contributed by atoms with Crippen molar-refractivity contribution in [2.75, 3.05) is 0 Å². The Bertz CT molecular complexity index is 813. The minimum Gasteiger partial charge on any atom is -0.469 e. The normalized spacial score (nSPS) is 21.6. The van der Waals surface area contributed by atoms with E-state index in [-0.39, 0.29) is 12.3 Å². The monoisotopic (exact) mass is 398 g/mol. The molecule has 0 fully saturated rings. The number of nitrogens with zero attached hydrogens (tertiary/aromatic N) is 2. The number of halogens is 1. The van der Waals surface area contributed by atoms with Crippen LogP contribution in [0.3, 0.4) is 0 Å². The molecule has 0 unspecified atom stereocenters. The molecule has 2 heterocycles. The van der Waals surface area contributed by atoms with Gasteiger partial charge in [-0.15, -0.1) is 0 Å². The second kappa shape index (κ2) is 6.49. The average molecular weight is 399 g/mol. The van der Waals surface area contributed by atoms with Crippen LogP contribution in [0.15, 0.2) is 52.0 Å². The van der Waals surface area contributed by atoms with Crippen molar-refractivity contribution < 1.29 is 4.74 Å². The van der Waals surface area contributed by atoms with Crippen LogP contribution in [0.5, 0.6) is 5.75 Å². The van der Waals surface area contributed by atoms with E-state index in [2.05, 4.69) is 84.2 Å². The number of hydrogen-bond acceptors (Lipinski definition) is 3. The number of hydrogen-bond donors (Lipinski definition) is 0. The first kappa shape index (κ1) is 16.6. The van der Waals surface area contributed by atoms with E-state index in [0.717, 1.165) is 28.8 Å². The zero-order valence-corrected chi connectivity index (χ0v) is 16.5. The fraction of sp³-hybridized carbons (Fsp3) is 0.381. The molecule has 0 saturated heterocycles. The average Bonchev–Trinajstić information content (AvgIpc) is 3.01. The summed E-state index contributed by atoms with van der Waals surface area (Å²) in [5.41, 5.74) is 4.85. The number of ether oxygens (including phenoxy) is 1. The van der Waals surface area contributed by atoms with Gasteiger partial charge in [-0.25, -0.2) is 0 Å². The van der Waals surface area contributed by atoms with Crippen LogP contribution >= 0.6 is 15.9 Å². The van der Waals surface area contributed by atoms with Crippen molar-refractivity contribution >= 4 is 21.6 Å². The SMILES string of the molecule is Cc1ccc(C2=NN3[C@H](C2)c2cc(Br)ccc2O[C@@H]3CC(C)C)cc1. The summed E-state index contributed by atoms with van der Waals surface area (Å²) in [7, 11) is 0. The molecule has 0 aromatic heterocycles. The van der Waals surface area contributed by atoms with E-state index in [9.17, 15) is 0 Å². The Kier molecular flexibility index (Phi) is 4.32. The zero-order valence-electron chi connectivity index (χ0n) is 14.9. The van der Waals surface area contributed by atoms with Gasteiger partial charge in [0, 0.05) is 22.9 Å². The summed E-state index contributed by atoms with van der Waals surface area (Å²) >= 11 is 3.60. The first-order valence-electron chi connectivity index (χ1n) is 8.90. The van der Waals surface area contributed by atoms with Crippen molar-refractivity contribution in [2.24, 2.45) is 11.0 Å². The van der Waals surface area contributed by atoms with Crippen LogP contribution in [0.4, 0.5) is 0 Å². The van der Waals surface area contributed by atoms with Gasteiger partial charge in [-0.3, -0.25) is 5.01 Å². The highest BCUT2D eigenvalue weighted by Gasteiger charge is 2.40. The smallest absolute Gasteiger partial charge is 0.188 e. The van der Waals surface area contributed by atoms with Crippen LogP contribution in [-0.4, -0.2) is 16.9 Å². The summed E-state index contributed by atoms with van der Waals surface area (Å²) in [6, 6.07) is 15.2. The van der Waals surface area contributed by atoms with Crippen LogP contribution in [0.25, 0.3) is 0 Å². The van der Waals surface area contributed by atoms with Crippen molar-refractivity contribution in [3.05, 3.63) is 63.6 Å². The number of fused-ring (bicyclic) bond motifs is 3. The van der Waals surface area contributed by atoms with Crippen LogP contribution < -0.4 is 4.74 Å². The molecule has 0 spiro atoms. The molecule has 0 radical (unpaired) electrons. The molecule has 0 amide bonds. The molecule has 2 aromatic carbocycles. The molecule has 2 aromatic rings. The highest BCUT2D eigenvalue weighted by atomic mass is 79.9. The number of benzene rings is 2. The Hall–Kier alpha value is -1.81. The first-order chi connectivity index (χ1) is 12.0. The summed E-state index contributed by atoms with van der Waals surface area (Å²) < 4.78 is 7.40. The Morgan fingerprint density at radius 2 is 1.96 bits per heavy atom. The third kappa shape index (κ3) is 3.20. The topological polar surface area (TPSA) is 24.8 Å². The molecule has 25 heavy (non-hydrogen) atoms. The van der Waals surface area contributed by atoms with Gasteiger partial charge in [0.1, 0.15) is 5.75 Å². The van der Waals surface area contributed by atoms with Crippen LogP contribution in [0, 0.1) is 12.8 Å². The third-order valence-corrected chi connectivity index (χ3v) is 5.38. The fourth-order valence-corrected chi connectivity index (χ4v) is 3.99. The molecule has 2 atom stereocenters. The van der Waals surface area contributed by atoms with Gasteiger partial charge < -0.3 is 4.74 Å². The lowest BCUT2D eigenvalue weighted by Crippen LogP contribution is -2.41. The highest BCUT2D eigenvalue weighted by molar-refractivity contribution is 9.10. The lowest BCUT2D eigenvalue weighted by Gasteiger charge is -2.38. The number of rotatable bonds is 3. The molecule has 4 rings (SSSR count). The second-order valence-electron chi connectivity index (χ2n) is 7.40. The Morgan fingerprint density at radius 1 is 1.20 bits per heavy atom. The van der Waals surface area contributed by atoms with E-state index in [0.29, 0.717) is 5.92 Å². The second-order valence-corrected chi connectivity index (χ2v) is 8.31. The lowest BCUT2D eigenvalue weighted by molar-refractivity contribution is -0.0291.